The second-order valence-electron chi connectivity index (χ2n) is 4.39. The molecule has 1 rings (SSSR count). The van der Waals surface area contributed by atoms with Crippen LogP contribution < -0.4 is 10.1 Å². The molecule has 0 radical (unpaired) electrons. The number of hydrogen-bond donors (Lipinski definition) is 2. The molecule has 17 heavy (non-hydrogen) atoms. The van der Waals surface area contributed by atoms with Crippen LogP contribution in [0.5, 0.6) is 5.75 Å². The first-order chi connectivity index (χ1) is 8.04. The number of methoxy groups -OCH3 is 1. The molecule has 2 N–H and O–H groups in total. The highest BCUT2D eigenvalue weighted by molar-refractivity contribution is 5.29. The number of hydrogen-bond acceptors (Lipinski definition) is 3. The molecule has 1 aromatic carbocycles. The lowest BCUT2D eigenvalue weighted by Crippen LogP contribution is -2.44. The highest BCUT2D eigenvalue weighted by Gasteiger charge is 2.19. The first-order valence-corrected chi connectivity index (χ1v) is 5.73. The molecule has 0 bridgehead atoms. The monoisotopic (exact) mass is 241 g/mol. The van der Waals surface area contributed by atoms with Gasteiger partial charge < -0.3 is 15.2 Å². The molecule has 1 unspecified atom stereocenters. The van der Waals surface area contributed by atoms with Gasteiger partial charge in [0.25, 0.3) is 0 Å². The van der Waals surface area contributed by atoms with Gasteiger partial charge in [-0.05, 0) is 31.0 Å². The van der Waals surface area contributed by atoms with Crippen LogP contribution in [0.4, 0.5) is 4.39 Å². The molecular weight excluding hydrogens is 221 g/mol. The summed E-state index contributed by atoms with van der Waals surface area (Å²) in [5, 5.41) is 12.5. The lowest BCUT2D eigenvalue weighted by molar-refractivity contribution is 0.169. The number of aliphatic hydroxyl groups excluding tert-OH is 1. The molecule has 0 fully saturated rings. The van der Waals surface area contributed by atoms with Crippen LogP contribution in [-0.4, -0.2) is 24.4 Å². The van der Waals surface area contributed by atoms with Crippen molar-refractivity contribution in [1.29, 1.82) is 0 Å². The summed E-state index contributed by atoms with van der Waals surface area (Å²) >= 11 is 0. The lowest BCUT2D eigenvalue weighted by atomic mass is 10.00. The predicted molar refractivity (Wildman–Crippen MR) is 65.6 cm³/mol. The number of aliphatic hydroxyl groups is 1. The summed E-state index contributed by atoms with van der Waals surface area (Å²) in [6, 6.07) is 4.86. The molecule has 0 saturated carbocycles. The van der Waals surface area contributed by atoms with Crippen LogP contribution in [0.25, 0.3) is 0 Å². The van der Waals surface area contributed by atoms with Crippen molar-refractivity contribution < 1.29 is 14.2 Å². The molecule has 0 aliphatic heterocycles. The largest absolute Gasteiger partial charge is 0.494 e. The average Bonchev–Trinajstić information content (AvgIpc) is 2.36. The minimum Gasteiger partial charge on any atom is -0.494 e. The quantitative estimate of drug-likeness (QED) is 0.801. The average molecular weight is 241 g/mol. The summed E-state index contributed by atoms with van der Waals surface area (Å²) in [6.07, 6.45) is 0.808. The van der Waals surface area contributed by atoms with Gasteiger partial charge in [-0.2, -0.15) is 0 Å². The fourth-order valence-electron chi connectivity index (χ4n) is 1.43. The van der Waals surface area contributed by atoms with Gasteiger partial charge in [-0.25, -0.2) is 4.39 Å². The van der Waals surface area contributed by atoms with Crippen molar-refractivity contribution in [1.82, 2.24) is 5.32 Å². The molecule has 0 aliphatic rings. The zero-order chi connectivity index (χ0) is 12.9. The Balaban J connectivity index is 2.67. The summed E-state index contributed by atoms with van der Waals surface area (Å²) in [5.74, 6) is -0.122. The predicted octanol–water partition coefficient (Wildman–Crippen LogP) is 2.08. The highest BCUT2D eigenvalue weighted by Crippen LogP contribution is 2.18. The van der Waals surface area contributed by atoms with E-state index in [1.807, 2.05) is 19.9 Å². The molecule has 0 spiro atoms. The molecule has 1 atom stereocenters. The SMILES string of the molecule is CCC(C)(CO)NCc1ccc(OC)c(F)c1. The topological polar surface area (TPSA) is 41.5 Å². The van der Waals surface area contributed by atoms with Gasteiger partial charge in [-0.15, -0.1) is 0 Å². The number of nitrogens with one attached hydrogen (secondary N) is 1. The Kier molecular flexibility index (Phi) is 4.90. The van der Waals surface area contributed by atoms with E-state index < -0.39 is 0 Å². The Morgan fingerprint density at radius 3 is 2.65 bits per heavy atom. The van der Waals surface area contributed by atoms with E-state index in [0.29, 0.717) is 6.54 Å². The Hall–Kier alpha value is -1.13. The van der Waals surface area contributed by atoms with Crippen LogP contribution in [0.3, 0.4) is 0 Å². The first-order valence-electron chi connectivity index (χ1n) is 5.73. The summed E-state index contributed by atoms with van der Waals surface area (Å²) in [6.45, 7) is 4.51. The minimum absolute atomic E-state index is 0.0577. The molecular formula is C13H20FNO2. The van der Waals surface area contributed by atoms with Crippen molar-refractivity contribution >= 4 is 0 Å². The molecule has 1 aromatic rings. The van der Waals surface area contributed by atoms with E-state index in [2.05, 4.69) is 5.32 Å². The van der Waals surface area contributed by atoms with Gasteiger partial charge in [0.05, 0.1) is 13.7 Å². The van der Waals surface area contributed by atoms with Crippen LogP contribution >= 0.6 is 0 Å². The molecule has 3 nitrogen and oxygen atoms in total. The normalized spacial score (nSPS) is 14.4. The van der Waals surface area contributed by atoms with Gasteiger partial charge in [0.2, 0.25) is 0 Å². The molecule has 96 valence electrons. The van der Waals surface area contributed by atoms with Crippen LogP contribution in [-0.2, 0) is 6.54 Å². The smallest absolute Gasteiger partial charge is 0.165 e. The Labute approximate surface area is 102 Å². The molecule has 0 saturated heterocycles. The second-order valence-corrected chi connectivity index (χ2v) is 4.39. The fraction of sp³-hybridized carbons (Fsp3) is 0.538. The van der Waals surface area contributed by atoms with Gasteiger partial charge in [-0.3, -0.25) is 0 Å². The molecule has 0 amide bonds. The number of halogens is 1. The fourth-order valence-corrected chi connectivity index (χ4v) is 1.43. The third kappa shape index (κ3) is 3.68. The molecule has 0 heterocycles. The highest BCUT2D eigenvalue weighted by atomic mass is 19.1. The maximum atomic E-state index is 13.4. The first kappa shape index (κ1) is 13.9. The minimum atomic E-state index is -0.367. The van der Waals surface area contributed by atoms with Gasteiger partial charge >= 0.3 is 0 Å². The van der Waals surface area contributed by atoms with E-state index in [1.54, 1.807) is 6.07 Å². The van der Waals surface area contributed by atoms with Crippen molar-refractivity contribution in [3.05, 3.63) is 29.6 Å². The van der Waals surface area contributed by atoms with E-state index in [9.17, 15) is 9.50 Å². The summed E-state index contributed by atoms with van der Waals surface area (Å²) in [7, 11) is 1.44. The third-order valence-corrected chi connectivity index (χ3v) is 3.06. The van der Waals surface area contributed by atoms with E-state index >= 15 is 0 Å². The van der Waals surface area contributed by atoms with Crippen LogP contribution in [0.15, 0.2) is 18.2 Å². The molecule has 4 heteroatoms. The van der Waals surface area contributed by atoms with Gasteiger partial charge in [0.15, 0.2) is 11.6 Å². The van der Waals surface area contributed by atoms with Crippen molar-refractivity contribution in [2.75, 3.05) is 13.7 Å². The molecule has 0 aliphatic carbocycles. The number of rotatable bonds is 6. The van der Waals surface area contributed by atoms with Crippen LogP contribution in [0.2, 0.25) is 0 Å². The van der Waals surface area contributed by atoms with E-state index in [-0.39, 0.29) is 23.7 Å². The Bertz CT molecular complexity index is 364. The zero-order valence-corrected chi connectivity index (χ0v) is 10.6. The maximum absolute atomic E-state index is 13.4. The van der Waals surface area contributed by atoms with Crippen LogP contribution in [0.1, 0.15) is 25.8 Å². The Morgan fingerprint density at radius 2 is 2.18 bits per heavy atom. The maximum Gasteiger partial charge on any atom is 0.165 e. The van der Waals surface area contributed by atoms with Crippen LogP contribution in [0, 0.1) is 5.82 Å². The number of benzene rings is 1. The van der Waals surface area contributed by atoms with Gasteiger partial charge in [0.1, 0.15) is 0 Å². The van der Waals surface area contributed by atoms with Crippen molar-refractivity contribution in [3.63, 3.8) is 0 Å². The Morgan fingerprint density at radius 1 is 1.47 bits per heavy atom. The zero-order valence-electron chi connectivity index (χ0n) is 10.6. The second kappa shape index (κ2) is 5.98. The van der Waals surface area contributed by atoms with E-state index in [0.717, 1.165) is 12.0 Å². The van der Waals surface area contributed by atoms with Crippen molar-refractivity contribution in [2.24, 2.45) is 0 Å². The summed E-state index contributed by atoms with van der Waals surface area (Å²) < 4.78 is 18.3. The third-order valence-electron chi connectivity index (χ3n) is 3.06. The van der Waals surface area contributed by atoms with Crippen molar-refractivity contribution in [3.8, 4) is 5.75 Å². The summed E-state index contributed by atoms with van der Waals surface area (Å²) in [5.41, 5.74) is 0.507. The lowest BCUT2D eigenvalue weighted by Gasteiger charge is -2.27. The van der Waals surface area contributed by atoms with E-state index in [1.165, 1.54) is 13.2 Å². The van der Waals surface area contributed by atoms with Crippen molar-refractivity contribution in [2.45, 2.75) is 32.4 Å². The van der Waals surface area contributed by atoms with Gasteiger partial charge in [-0.1, -0.05) is 13.0 Å². The summed E-state index contributed by atoms with van der Waals surface area (Å²) in [4.78, 5) is 0. The van der Waals surface area contributed by atoms with E-state index in [4.69, 9.17) is 4.74 Å². The molecule has 0 aromatic heterocycles. The number of ether oxygens (including phenoxy) is 1. The van der Waals surface area contributed by atoms with Gasteiger partial charge in [0, 0.05) is 12.1 Å². The standard InChI is InChI=1S/C13H20FNO2/c1-4-13(2,9-16)15-8-10-5-6-12(17-3)11(14)7-10/h5-7,15-16H,4,8-9H2,1-3H3.